The molecular formula is C13H26N2O. The molecule has 1 saturated carbocycles. The highest BCUT2D eigenvalue weighted by Gasteiger charge is 2.31. The number of hydrogen-bond acceptors (Lipinski definition) is 2. The fourth-order valence-corrected chi connectivity index (χ4v) is 2.29. The predicted octanol–water partition coefficient (Wildman–Crippen LogP) is 1.77. The van der Waals surface area contributed by atoms with E-state index in [-0.39, 0.29) is 11.8 Å². The highest BCUT2D eigenvalue weighted by Crippen LogP contribution is 2.30. The number of carbonyl (C=O) groups excluding carboxylic acids is 1. The lowest BCUT2D eigenvalue weighted by Gasteiger charge is -2.20. The van der Waals surface area contributed by atoms with Crippen molar-refractivity contribution in [2.24, 2.45) is 29.4 Å². The molecule has 3 heteroatoms. The van der Waals surface area contributed by atoms with Gasteiger partial charge in [-0.3, -0.25) is 4.79 Å². The van der Waals surface area contributed by atoms with Gasteiger partial charge in [0.05, 0.1) is 0 Å². The normalized spacial score (nSPS) is 27.1. The van der Waals surface area contributed by atoms with Gasteiger partial charge in [0.2, 0.25) is 5.91 Å². The Labute approximate surface area is 99.2 Å². The molecule has 3 atom stereocenters. The van der Waals surface area contributed by atoms with Crippen molar-refractivity contribution >= 4 is 5.91 Å². The number of rotatable bonds is 5. The lowest BCUT2D eigenvalue weighted by molar-refractivity contribution is -0.126. The molecule has 3 nitrogen and oxygen atoms in total. The van der Waals surface area contributed by atoms with Gasteiger partial charge in [-0.2, -0.15) is 0 Å². The van der Waals surface area contributed by atoms with E-state index in [0.717, 1.165) is 25.8 Å². The molecule has 0 heterocycles. The molecular weight excluding hydrogens is 200 g/mol. The van der Waals surface area contributed by atoms with Crippen LogP contribution in [0, 0.1) is 23.7 Å². The van der Waals surface area contributed by atoms with Crippen molar-refractivity contribution in [3.05, 3.63) is 0 Å². The van der Waals surface area contributed by atoms with E-state index in [2.05, 4.69) is 26.1 Å². The first-order valence-corrected chi connectivity index (χ1v) is 6.54. The van der Waals surface area contributed by atoms with E-state index in [1.54, 1.807) is 0 Å². The summed E-state index contributed by atoms with van der Waals surface area (Å²) in [7, 11) is 0. The Hall–Kier alpha value is -0.570. The van der Waals surface area contributed by atoms with Crippen LogP contribution in [0.3, 0.4) is 0 Å². The first-order valence-electron chi connectivity index (χ1n) is 6.54. The zero-order valence-electron chi connectivity index (χ0n) is 10.8. The summed E-state index contributed by atoms with van der Waals surface area (Å²) in [5.41, 5.74) is 5.69. The molecule has 1 aliphatic rings. The van der Waals surface area contributed by atoms with Gasteiger partial charge in [-0.1, -0.05) is 27.2 Å². The van der Waals surface area contributed by atoms with E-state index in [0.29, 0.717) is 24.3 Å². The van der Waals surface area contributed by atoms with Crippen LogP contribution < -0.4 is 11.1 Å². The van der Waals surface area contributed by atoms with Crippen LogP contribution in [-0.4, -0.2) is 19.0 Å². The van der Waals surface area contributed by atoms with Crippen molar-refractivity contribution in [1.29, 1.82) is 0 Å². The summed E-state index contributed by atoms with van der Waals surface area (Å²) in [5, 5.41) is 3.08. The molecule has 0 saturated heterocycles. The SMILES string of the molecule is CC(C)C(C)CNC(=O)C1CCCC1CN. The zero-order valence-corrected chi connectivity index (χ0v) is 10.8. The molecule has 0 radical (unpaired) electrons. The number of carbonyl (C=O) groups is 1. The Morgan fingerprint density at radius 1 is 1.38 bits per heavy atom. The second-order valence-corrected chi connectivity index (χ2v) is 5.50. The summed E-state index contributed by atoms with van der Waals surface area (Å²) in [5.74, 6) is 1.97. The van der Waals surface area contributed by atoms with Crippen LogP contribution in [0.15, 0.2) is 0 Å². The van der Waals surface area contributed by atoms with Gasteiger partial charge in [-0.25, -0.2) is 0 Å². The Morgan fingerprint density at radius 2 is 2.06 bits per heavy atom. The highest BCUT2D eigenvalue weighted by molar-refractivity contribution is 5.79. The van der Waals surface area contributed by atoms with Crippen LogP contribution in [0.25, 0.3) is 0 Å². The van der Waals surface area contributed by atoms with Crippen LogP contribution in [0.1, 0.15) is 40.0 Å². The van der Waals surface area contributed by atoms with Crippen molar-refractivity contribution in [3.63, 3.8) is 0 Å². The third-order valence-electron chi connectivity index (χ3n) is 4.03. The van der Waals surface area contributed by atoms with Crippen molar-refractivity contribution in [1.82, 2.24) is 5.32 Å². The molecule has 3 unspecified atom stereocenters. The quantitative estimate of drug-likeness (QED) is 0.750. The second kappa shape index (κ2) is 6.24. The molecule has 0 aromatic carbocycles. The van der Waals surface area contributed by atoms with Crippen LogP contribution in [0.4, 0.5) is 0 Å². The Morgan fingerprint density at radius 3 is 2.62 bits per heavy atom. The van der Waals surface area contributed by atoms with Gasteiger partial charge in [0.15, 0.2) is 0 Å². The minimum atomic E-state index is 0.171. The van der Waals surface area contributed by atoms with Gasteiger partial charge < -0.3 is 11.1 Å². The summed E-state index contributed by atoms with van der Waals surface area (Å²) in [6.07, 6.45) is 3.29. The molecule has 0 aromatic heterocycles. The number of amides is 1. The Bertz CT molecular complexity index is 228. The fraction of sp³-hybridized carbons (Fsp3) is 0.923. The summed E-state index contributed by atoms with van der Waals surface area (Å²) >= 11 is 0. The van der Waals surface area contributed by atoms with E-state index in [1.807, 2.05) is 0 Å². The van der Waals surface area contributed by atoms with Crippen LogP contribution in [-0.2, 0) is 4.79 Å². The van der Waals surface area contributed by atoms with Crippen molar-refractivity contribution in [2.75, 3.05) is 13.1 Å². The average Bonchev–Trinajstić information content (AvgIpc) is 2.73. The average molecular weight is 226 g/mol. The molecule has 16 heavy (non-hydrogen) atoms. The maximum absolute atomic E-state index is 12.0. The Kier molecular flexibility index (Phi) is 5.26. The summed E-state index contributed by atoms with van der Waals surface area (Å²) in [6.45, 7) is 8.01. The van der Waals surface area contributed by atoms with Gasteiger partial charge in [-0.05, 0) is 37.1 Å². The smallest absolute Gasteiger partial charge is 0.223 e. The van der Waals surface area contributed by atoms with E-state index in [4.69, 9.17) is 5.73 Å². The summed E-state index contributed by atoms with van der Waals surface area (Å²) in [6, 6.07) is 0. The minimum absolute atomic E-state index is 0.171. The minimum Gasteiger partial charge on any atom is -0.356 e. The maximum atomic E-state index is 12.0. The van der Waals surface area contributed by atoms with Crippen molar-refractivity contribution in [3.8, 4) is 0 Å². The fourth-order valence-electron chi connectivity index (χ4n) is 2.29. The molecule has 1 aliphatic carbocycles. The zero-order chi connectivity index (χ0) is 12.1. The monoisotopic (exact) mass is 226 g/mol. The van der Waals surface area contributed by atoms with Crippen molar-refractivity contribution < 1.29 is 4.79 Å². The van der Waals surface area contributed by atoms with Gasteiger partial charge in [0.1, 0.15) is 0 Å². The first-order chi connectivity index (χ1) is 7.56. The third kappa shape index (κ3) is 3.48. The van der Waals surface area contributed by atoms with Crippen LogP contribution in [0.5, 0.6) is 0 Å². The van der Waals surface area contributed by atoms with Gasteiger partial charge in [-0.15, -0.1) is 0 Å². The molecule has 94 valence electrons. The maximum Gasteiger partial charge on any atom is 0.223 e. The first kappa shape index (κ1) is 13.5. The summed E-state index contributed by atoms with van der Waals surface area (Å²) < 4.78 is 0. The lowest BCUT2D eigenvalue weighted by atomic mass is 9.94. The van der Waals surface area contributed by atoms with Gasteiger partial charge >= 0.3 is 0 Å². The third-order valence-corrected chi connectivity index (χ3v) is 4.03. The number of nitrogens with two attached hydrogens (primary N) is 1. The lowest BCUT2D eigenvalue weighted by Crippen LogP contribution is -2.37. The van der Waals surface area contributed by atoms with Crippen molar-refractivity contribution in [2.45, 2.75) is 40.0 Å². The molecule has 0 aliphatic heterocycles. The van der Waals surface area contributed by atoms with E-state index in [1.165, 1.54) is 0 Å². The Balaban J connectivity index is 2.34. The number of nitrogens with one attached hydrogen (secondary N) is 1. The van der Waals surface area contributed by atoms with Gasteiger partial charge in [0.25, 0.3) is 0 Å². The largest absolute Gasteiger partial charge is 0.356 e. The molecule has 1 amide bonds. The molecule has 0 bridgehead atoms. The van der Waals surface area contributed by atoms with E-state index < -0.39 is 0 Å². The number of hydrogen-bond donors (Lipinski definition) is 2. The van der Waals surface area contributed by atoms with Gasteiger partial charge in [0, 0.05) is 12.5 Å². The molecule has 0 aromatic rings. The van der Waals surface area contributed by atoms with E-state index >= 15 is 0 Å². The second-order valence-electron chi connectivity index (χ2n) is 5.50. The summed E-state index contributed by atoms with van der Waals surface area (Å²) in [4.78, 5) is 12.0. The molecule has 1 fully saturated rings. The topological polar surface area (TPSA) is 55.1 Å². The predicted molar refractivity (Wildman–Crippen MR) is 66.9 cm³/mol. The highest BCUT2D eigenvalue weighted by atomic mass is 16.1. The molecule has 3 N–H and O–H groups in total. The van der Waals surface area contributed by atoms with Crippen LogP contribution in [0.2, 0.25) is 0 Å². The molecule has 1 rings (SSSR count). The standard InChI is InChI=1S/C13H26N2O/c1-9(2)10(3)8-15-13(16)12-6-4-5-11(12)7-14/h9-12H,4-8,14H2,1-3H3,(H,15,16). The molecule has 0 spiro atoms. The van der Waals surface area contributed by atoms with E-state index in [9.17, 15) is 4.79 Å². The van der Waals surface area contributed by atoms with Crippen LogP contribution >= 0.6 is 0 Å².